The lowest BCUT2D eigenvalue weighted by molar-refractivity contribution is 0.569. The summed E-state index contributed by atoms with van der Waals surface area (Å²) >= 11 is 0. The van der Waals surface area contributed by atoms with E-state index in [0.29, 0.717) is 5.69 Å². The Labute approximate surface area is 652 Å². The molecule has 0 radical (unpaired) electrons. The van der Waals surface area contributed by atoms with E-state index in [2.05, 4.69) is 306 Å². The average Bonchev–Trinajstić information content (AvgIpc) is 1.63. The number of anilines is 6. The molecule has 0 fully saturated rings. The third kappa shape index (κ3) is 10.4. The Morgan fingerprint density at radius 2 is 0.709 bits per heavy atom. The van der Waals surface area contributed by atoms with Crippen LogP contribution in [0.1, 0.15) is 63.6 Å². The van der Waals surface area contributed by atoms with Crippen molar-refractivity contribution < 1.29 is 19.8 Å². The summed E-state index contributed by atoms with van der Waals surface area (Å²) < 4.78 is 91.5. The Hall–Kier alpha value is -13.4. The van der Waals surface area contributed by atoms with E-state index in [0.717, 1.165) is 172 Å². The molecule has 522 valence electrons. The highest BCUT2D eigenvalue weighted by Gasteiger charge is 2.46. The van der Waals surface area contributed by atoms with Gasteiger partial charge in [-0.15, -0.1) is 0 Å². The second kappa shape index (κ2) is 25.1. The van der Waals surface area contributed by atoms with E-state index < -0.39 is 43.0 Å². The molecule has 0 N–H and O–H groups in total. The lowest BCUT2D eigenvalue weighted by atomic mass is 9.33. The molecule has 0 saturated carbocycles. The van der Waals surface area contributed by atoms with Crippen molar-refractivity contribution in [1.82, 2.24) is 4.57 Å². The van der Waals surface area contributed by atoms with Crippen LogP contribution in [0.15, 0.2) is 360 Å². The number of hydrogen-bond donors (Lipinski definition) is 0. The summed E-state index contributed by atoms with van der Waals surface area (Å²) in [6.07, 6.45) is 0. The van der Waals surface area contributed by atoms with Crippen molar-refractivity contribution in [2.45, 2.75) is 52.4 Å². The molecule has 0 bridgehead atoms. The summed E-state index contributed by atoms with van der Waals surface area (Å²) in [6, 6.07) is 105. The zero-order valence-corrected chi connectivity index (χ0v) is 61.6. The van der Waals surface area contributed by atoms with E-state index in [9.17, 15) is 8.22 Å². The minimum Gasteiger partial charge on any atom is -0.456 e. The molecule has 0 amide bonds. The standard InChI is InChI=1S/C104H76BN3O2/c1-103(2,3)74-55-71(56-75(63-74)104(4,5)6)69-49-52-88-92(60-69)107(100-77(65-29-11-7-12-30-65)41-27-42-78(100)66-31-13-8-14-32-66)94-61-73(72-58-85(102-87(59-72)84-40-22-26-48-97(84)110-102)70-50-54-98-86(57-70)83-39-21-25-47-96(83)109-98)62-95-99(94)105(88)89-53-51-76(106-90-45-23-19-37-81(90)82-38-20-24-46-91(82)106)64-93(89)108(95)101-79(67-33-15-9-16-34-67)43-28-44-80(101)68-35-17-10-18-36-68/h7-64H,1-6H3/i19D,20D,23D,24D,37D,38D,45D,46D. The van der Waals surface area contributed by atoms with Gasteiger partial charge in [-0.1, -0.05) is 314 Å². The Morgan fingerprint density at radius 1 is 0.291 bits per heavy atom. The zero-order valence-electron chi connectivity index (χ0n) is 69.6. The second-order valence-corrected chi connectivity index (χ2v) is 31.3. The number of hydrogen-bond acceptors (Lipinski definition) is 4. The molecule has 0 aliphatic carbocycles. The molecule has 0 spiro atoms. The number of furan rings is 2. The van der Waals surface area contributed by atoms with E-state index in [1.807, 2.05) is 48.5 Å². The molecular formula is C104H76BN3O2. The maximum absolute atomic E-state index is 9.94. The van der Waals surface area contributed by atoms with E-state index >= 15 is 0 Å². The van der Waals surface area contributed by atoms with Crippen LogP contribution in [0.2, 0.25) is 0 Å². The quantitative estimate of drug-likeness (QED) is 0.128. The third-order valence-electron chi connectivity index (χ3n) is 22.7. The first-order valence-electron chi connectivity index (χ1n) is 41.7. The number of para-hydroxylation sites is 6. The molecule has 2 aliphatic heterocycles. The summed E-state index contributed by atoms with van der Waals surface area (Å²) in [5.74, 6) is 0. The molecule has 0 unspecified atom stereocenters. The number of fused-ring (bicyclic) bond motifs is 13. The molecular weight excluding hydrogens is 1330 g/mol. The number of benzene rings is 16. The summed E-state index contributed by atoms with van der Waals surface area (Å²) in [4.78, 5) is 5.00. The summed E-state index contributed by atoms with van der Waals surface area (Å²) in [6.45, 7) is 13.2. The van der Waals surface area contributed by atoms with Gasteiger partial charge in [0, 0.05) is 88.6 Å². The molecule has 19 aromatic rings. The van der Waals surface area contributed by atoms with Crippen LogP contribution >= 0.6 is 0 Å². The molecule has 0 saturated heterocycles. The van der Waals surface area contributed by atoms with Crippen LogP contribution in [-0.2, 0) is 10.8 Å². The first kappa shape index (κ1) is 56.9. The van der Waals surface area contributed by atoms with Crippen LogP contribution in [-0.4, -0.2) is 11.3 Å². The minimum atomic E-state index is -0.557. The molecule has 110 heavy (non-hydrogen) atoms. The highest BCUT2D eigenvalue weighted by Crippen LogP contribution is 2.55. The van der Waals surface area contributed by atoms with Gasteiger partial charge in [-0.25, -0.2) is 0 Å². The molecule has 21 rings (SSSR count). The van der Waals surface area contributed by atoms with Crippen molar-refractivity contribution in [3.63, 3.8) is 0 Å². The summed E-state index contributed by atoms with van der Waals surface area (Å²) in [5.41, 5.74) is 27.2. The summed E-state index contributed by atoms with van der Waals surface area (Å²) in [5, 5.41) is 3.86. The first-order valence-corrected chi connectivity index (χ1v) is 37.7. The smallest absolute Gasteiger partial charge is 0.252 e. The van der Waals surface area contributed by atoms with E-state index in [1.54, 1.807) is 4.57 Å². The van der Waals surface area contributed by atoms with Crippen molar-refractivity contribution in [2.75, 3.05) is 9.80 Å². The fraction of sp³-hybridized carbons (Fsp3) is 0.0769. The van der Waals surface area contributed by atoms with Crippen LogP contribution in [0.3, 0.4) is 0 Å². The Bertz CT molecular complexity index is 7230. The van der Waals surface area contributed by atoms with Gasteiger partial charge in [-0.3, -0.25) is 0 Å². The highest BCUT2D eigenvalue weighted by molar-refractivity contribution is 7.00. The Morgan fingerprint density at radius 3 is 1.24 bits per heavy atom. The van der Waals surface area contributed by atoms with Gasteiger partial charge < -0.3 is 23.2 Å². The van der Waals surface area contributed by atoms with E-state index in [4.69, 9.17) is 11.6 Å². The minimum absolute atomic E-state index is 0.00631. The number of nitrogens with zero attached hydrogens (tertiary/aromatic N) is 3. The van der Waals surface area contributed by atoms with Crippen LogP contribution in [0.5, 0.6) is 0 Å². The van der Waals surface area contributed by atoms with Gasteiger partial charge in [0.05, 0.1) is 33.4 Å². The van der Waals surface area contributed by atoms with Crippen molar-refractivity contribution in [1.29, 1.82) is 0 Å². The van der Waals surface area contributed by atoms with Gasteiger partial charge in [-0.05, 0) is 167 Å². The van der Waals surface area contributed by atoms with Gasteiger partial charge in [-0.2, -0.15) is 0 Å². The number of rotatable bonds is 10. The fourth-order valence-electron chi connectivity index (χ4n) is 17.4. The van der Waals surface area contributed by atoms with Crippen molar-refractivity contribution in [2.24, 2.45) is 0 Å². The molecule has 6 heteroatoms. The average molecular weight is 1420 g/mol. The van der Waals surface area contributed by atoms with Gasteiger partial charge in [0.2, 0.25) is 0 Å². The summed E-state index contributed by atoms with van der Waals surface area (Å²) in [7, 11) is 0. The largest absolute Gasteiger partial charge is 0.456 e. The van der Waals surface area contributed by atoms with Crippen molar-refractivity contribution in [3.8, 4) is 83.6 Å². The SMILES string of the molecule is [2H]c1c([2H])c([2H])c2c(c1[2H])c1c([2H])c([2H])c([2H])c([2H])c1n2-c1ccc2c(c1)N(c1c(-c3ccccc3)cccc1-c1ccccc1)c1cc(-c3cc(-c4ccc5oc6ccccc6c5c4)c4oc5ccccc5c4c3)cc3c1B2c1ccc(-c2cc(C(C)(C)C)cc(C(C)(C)C)c2)cc1N3c1c(-c2ccccc2)cccc1-c1ccccc1. The first-order chi connectivity index (χ1) is 57.1. The van der Waals surface area contributed by atoms with Crippen LogP contribution in [0.25, 0.3) is 149 Å². The van der Waals surface area contributed by atoms with E-state index in [-0.39, 0.29) is 44.7 Å². The maximum atomic E-state index is 9.94. The van der Waals surface area contributed by atoms with Gasteiger partial charge >= 0.3 is 0 Å². The van der Waals surface area contributed by atoms with E-state index in [1.165, 1.54) is 11.1 Å². The molecule has 16 aromatic carbocycles. The lowest BCUT2D eigenvalue weighted by Gasteiger charge is -2.46. The topological polar surface area (TPSA) is 37.7 Å². The molecule has 5 nitrogen and oxygen atoms in total. The van der Waals surface area contributed by atoms with Crippen molar-refractivity contribution in [3.05, 3.63) is 363 Å². The van der Waals surface area contributed by atoms with Gasteiger partial charge in [0.25, 0.3) is 6.71 Å². The fourth-order valence-corrected chi connectivity index (χ4v) is 17.4. The maximum Gasteiger partial charge on any atom is 0.252 e. The van der Waals surface area contributed by atoms with Gasteiger partial charge in [0.1, 0.15) is 22.3 Å². The molecule has 5 heterocycles. The zero-order chi connectivity index (χ0) is 80.6. The lowest BCUT2D eigenvalue weighted by Crippen LogP contribution is -2.61. The second-order valence-electron chi connectivity index (χ2n) is 31.3. The predicted molar refractivity (Wildman–Crippen MR) is 465 cm³/mol. The van der Waals surface area contributed by atoms with Crippen LogP contribution in [0, 0.1) is 0 Å². The third-order valence-corrected chi connectivity index (χ3v) is 22.7. The highest BCUT2D eigenvalue weighted by atomic mass is 16.3. The molecule has 0 atom stereocenters. The van der Waals surface area contributed by atoms with Crippen LogP contribution < -0.4 is 26.2 Å². The van der Waals surface area contributed by atoms with Crippen molar-refractivity contribution >= 4 is 123 Å². The predicted octanol–water partition coefficient (Wildman–Crippen LogP) is 26.9. The molecule has 2 aliphatic rings. The Kier molecular flexibility index (Phi) is 13.0. The number of aromatic nitrogens is 1. The molecule has 3 aromatic heterocycles. The van der Waals surface area contributed by atoms with Gasteiger partial charge in [0.15, 0.2) is 0 Å². The van der Waals surface area contributed by atoms with Crippen LogP contribution in [0.4, 0.5) is 34.1 Å². The normalized spacial score (nSPS) is 13.8. The Balaban J connectivity index is 0.966. The monoisotopic (exact) mass is 1420 g/mol.